The highest BCUT2D eigenvalue weighted by molar-refractivity contribution is 5.13. The molecule has 0 amide bonds. The smallest absolute Gasteiger partial charge is 0.388 e. The number of benzene rings is 1. The second-order valence-electron chi connectivity index (χ2n) is 3.47. The Morgan fingerprint density at radius 2 is 2.12 bits per heavy atom. The van der Waals surface area contributed by atoms with Crippen molar-refractivity contribution in [3.8, 4) is 11.9 Å². The van der Waals surface area contributed by atoms with Crippen molar-refractivity contribution in [3.63, 3.8) is 0 Å². The van der Waals surface area contributed by atoms with Gasteiger partial charge in [0.05, 0.1) is 6.20 Å². The topological polar surface area (TPSA) is 49.8 Å². The van der Waals surface area contributed by atoms with Crippen molar-refractivity contribution in [3.05, 3.63) is 54.5 Å². The molecular formula is C13H12N3O+. The van der Waals surface area contributed by atoms with Crippen LogP contribution in [0.4, 0.5) is 0 Å². The van der Waals surface area contributed by atoms with Crippen molar-refractivity contribution in [1.29, 1.82) is 5.26 Å². The molecule has 17 heavy (non-hydrogen) atoms. The third-order valence-corrected chi connectivity index (χ3v) is 2.28. The fraction of sp³-hybridized carbons (Fsp3) is 0.154. The average Bonchev–Trinajstić information content (AvgIpc) is 2.39. The number of nitrogens with zero attached hydrogens (tertiary/aromatic N) is 3. The first-order valence-electron chi connectivity index (χ1n) is 5.27. The zero-order valence-electron chi connectivity index (χ0n) is 9.28. The van der Waals surface area contributed by atoms with Gasteiger partial charge in [-0.3, -0.25) is 0 Å². The van der Waals surface area contributed by atoms with Crippen molar-refractivity contribution in [2.75, 3.05) is 6.61 Å². The monoisotopic (exact) mass is 226 g/mol. The molecule has 1 aromatic heterocycles. The third kappa shape index (κ3) is 3.02. The minimum Gasteiger partial charge on any atom is -0.428 e. The molecule has 0 aliphatic carbocycles. The SMILES string of the molecule is N#CCOc1cncc[n+]1Cc1ccccc1. The summed E-state index contributed by atoms with van der Waals surface area (Å²) in [5.74, 6) is 0.595. The van der Waals surface area contributed by atoms with Gasteiger partial charge in [0.2, 0.25) is 0 Å². The van der Waals surface area contributed by atoms with E-state index in [2.05, 4.69) is 4.98 Å². The summed E-state index contributed by atoms with van der Waals surface area (Å²) in [6.45, 7) is 0.727. The van der Waals surface area contributed by atoms with Gasteiger partial charge in [-0.2, -0.15) is 9.83 Å². The Hall–Kier alpha value is -2.41. The van der Waals surface area contributed by atoms with E-state index >= 15 is 0 Å². The Labute approximate surface area is 99.7 Å². The maximum atomic E-state index is 8.50. The average molecular weight is 226 g/mol. The van der Waals surface area contributed by atoms with Gasteiger partial charge in [0.15, 0.2) is 19.3 Å². The molecule has 1 heterocycles. The summed E-state index contributed by atoms with van der Waals surface area (Å²) < 4.78 is 7.21. The summed E-state index contributed by atoms with van der Waals surface area (Å²) in [6.07, 6.45) is 5.14. The first-order valence-corrected chi connectivity index (χ1v) is 5.27. The van der Waals surface area contributed by atoms with Crippen LogP contribution in [0.15, 0.2) is 48.9 Å². The van der Waals surface area contributed by atoms with Crippen LogP contribution >= 0.6 is 0 Å². The van der Waals surface area contributed by atoms with Crippen LogP contribution in [0.1, 0.15) is 5.56 Å². The molecule has 0 spiro atoms. The second kappa shape index (κ2) is 5.61. The minimum atomic E-state index is 0.0283. The maximum Gasteiger partial charge on any atom is 0.388 e. The van der Waals surface area contributed by atoms with E-state index in [1.165, 1.54) is 5.56 Å². The molecule has 0 atom stereocenters. The Balaban J connectivity index is 2.18. The van der Waals surface area contributed by atoms with Gasteiger partial charge in [0.25, 0.3) is 0 Å². The van der Waals surface area contributed by atoms with Crippen LogP contribution in [-0.4, -0.2) is 11.6 Å². The summed E-state index contributed by atoms with van der Waals surface area (Å²) in [6, 6.07) is 12.0. The van der Waals surface area contributed by atoms with Gasteiger partial charge >= 0.3 is 5.88 Å². The number of hydrogen-bond acceptors (Lipinski definition) is 3. The molecule has 0 aliphatic rings. The van der Waals surface area contributed by atoms with Crippen LogP contribution in [-0.2, 0) is 6.54 Å². The van der Waals surface area contributed by atoms with Gasteiger partial charge < -0.3 is 4.74 Å². The van der Waals surface area contributed by atoms with Crippen molar-refractivity contribution in [2.45, 2.75) is 6.54 Å². The molecule has 1 aromatic carbocycles. The van der Waals surface area contributed by atoms with Crippen LogP contribution in [0.3, 0.4) is 0 Å². The molecule has 4 heteroatoms. The van der Waals surface area contributed by atoms with Gasteiger partial charge in [-0.15, -0.1) is 0 Å². The summed E-state index contributed by atoms with van der Waals surface area (Å²) in [5.41, 5.74) is 1.17. The van der Waals surface area contributed by atoms with E-state index in [1.54, 1.807) is 12.4 Å². The van der Waals surface area contributed by atoms with E-state index in [-0.39, 0.29) is 6.61 Å². The highest BCUT2D eigenvalue weighted by Gasteiger charge is 2.11. The van der Waals surface area contributed by atoms with Crippen LogP contribution in [0.25, 0.3) is 0 Å². The Kier molecular flexibility index (Phi) is 3.66. The molecule has 4 nitrogen and oxygen atoms in total. The van der Waals surface area contributed by atoms with Gasteiger partial charge in [0.1, 0.15) is 12.3 Å². The molecule has 0 saturated carbocycles. The molecule has 84 valence electrons. The molecule has 0 unspecified atom stereocenters. The van der Waals surface area contributed by atoms with Crippen LogP contribution in [0.2, 0.25) is 0 Å². The van der Waals surface area contributed by atoms with Crippen LogP contribution in [0, 0.1) is 11.3 Å². The first-order chi connectivity index (χ1) is 8.40. The van der Waals surface area contributed by atoms with E-state index in [0.717, 1.165) is 0 Å². The fourth-order valence-electron chi connectivity index (χ4n) is 1.51. The minimum absolute atomic E-state index is 0.0283. The highest BCUT2D eigenvalue weighted by atomic mass is 16.5. The molecule has 0 fully saturated rings. The molecular weight excluding hydrogens is 214 g/mol. The lowest BCUT2D eigenvalue weighted by Crippen LogP contribution is -2.36. The lowest BCUT2D eigenvalue weighted by atomic mass is 10.2. The summed E-state index contributed by atoms with van der Waals surface area (Å²) in [4.78, 5) is 3.98. The second-order valence-corrected chi connectivity index (χ2v) is 3.47. The normalized spacial score (nSPS) is 9.59. The van der Waals surface area contributed by atoms with Crippen molar-refractivity contribution < 1.29 is 9.30 Å². The lowest BCUT2D eigenvalue weighted by Gasteiger charge is -2.02. The van der Waals surface area contributed by atoms with Gasteiger partial charge in [-0.25, -0.2) is 4.98 Å². The Morgan fingerprint density at radius 1 is 1.29 bits per heavy atom. The number of nitriles is 1. The molecule has 2 rings (SSSR count). The predicted molar refractivity (Wildman–Crippen MR) is 61.1 cm³/mol. The first kappa shape index (κ1) is 11.1. The van der Waals surface area contributed by atoms with Crippen LogP contribution in [0.5, 0.6) is 5.88 Å². The van der Waals surface area contributed by atoms with E-state index in [0.29, 0.717) is 12.4 Å². The molecule has 0 N–H and O–H groups in total. The van der Waals surface area contributed by atoms with Gasteiger partial charge in [-0.1, -0.05) is 30.3 Å². The number of ether oxygens (including phenoxy) is 1. The van der Waals surface area contributed by atoms with Crippen LogP contribution < -0.4 is 9.30 Å². The zero-order valence-corrected chi connectivity index (χ0v) is 9.28. The number of rotatable bonds is 4. The lowest BCUT2D eigenvalue weighted by molar-refractivity contribution is -0.693. The molecule has 0 bridgehead atoms. The molecule has 2 aromatic rings. The number of aromatic nitrogens is 2. The standard InChI is InChI=1S/C13H12N3O/c14-6-9-17-13-10-15-7-8-16(13)11-12-4-2-1-3-5-12/h1-5,7-8,10H,9,11H2/q+1. The van der Waals surface area contributed by atoms with E-state index in [4.69, 9.17) is 10.00 Å². The van der Waals surface area contributed by atoms with Gasteiger partial charge in [0, 0.05) is 5.56 Å². The van der Waals surface area contributed by atoms with E-state index in [1.807, 2.05) is 47.2 Å². The highest BCUT2D eigenvalue weighted by Crippen LogP contribution is 2.03. The van der Waals surface area contributed by atoms with Crippen molar-refractivity contribution in [1.82, 2.24) is 4.98 Å². The van der Waals surface area contributed by atoms with E-state index < -0.39 is 0 Å². The fourth-order valence-corrected chi connectivity index (χ4v) is 1.51. The quantitative estimate of drug-likeness (QED) is 0.739. The Bertz CT molecular complexity index is 520. The maximum absolute atomic E-state index is 8.50. The van der Waals surface area contributed by atoms with Gasteiger partial charge in [-0.05, 0) is 0 Å². The molecule has 0 saturated heterocycles. The number of hydrogen-bond donors (Lipinski definition) is 0. The van der Waals surface area contributed by atoms with Crippen molar-refractivity contribution in [2.24, 2.45) is 0 Å². The predicted octanol–water partition coefficient (Wildman–Crippen LogP) is 1.32. The van der Waals surface area contributed by atoms with E-state index in [9.17, 15) is 0 Å². The Morgan fingerprint density at radius 3 is 2.88 bits per heavy atom. The molecule has 0 aliphatic heterocycles. The third-order valence-electron chi connectivity index (χ3n) is 2.28. The largest absolute Gasteiger partial charge is 0.428 e. The summed E-state index contributed by atoms with van der Waals surface area (Å²) >= 11 is 0. The zero-order chi connectivity index (χ0) is 11.9. The summed E-state index contributed by atoms with van der Waals surface area (Å²) in [7, 11) is 0. The van der Waals surface area contributed by atoms with Crippen molar-refractivity contribution >= 4 is 0 Å². The molecule has 0 radical (unpaired) electrons. The summed E-state index contributed by atoms with van der Waals surface area (Å²) in [5, 5.41) is 8.50.